The van der Waals surface area contributed by atoms with Crippen LogP contribution < -0.4 is 0 Å². The summed E-state index contributed by atoms with van der Waals surface area (Å²) in [5.74, 6) is -2.16. The summed E-state index contributed by atoms with van der Waals surface area (Å²) < 4.78 is 15.2. The highest BCUT2D eigenvalue weighted by atomic mass is 16.6. The zero-order valence-electron chi connectivity index (χ0n) is 14.3. The maximum absolute atomic E-state index is 12.1. The first-order valence-corrected chi connectivity index (χ1v) is 7.89. The highest BCUT2D eigenvalue weighted by Gasteiger charge is 2.53. The molecule has 0 saturated heterocycles. The van der Waals surface area contributed by atoms with Gasteiger partial charge in [-0.25, -0.2) is 4.79 Å². The van der Waals surface area contributed by atoms with E-state index in [1.54, 1.807) is 18.2 Å². The van der Waals surface area contributed by atoms with Crippen LogP contribution in [0.25, 0.3) is 0 Å². The maximum atomic E-state index is 12.1. The summed E-state index contributed by atoms with van der Waals surface area (Å²) in [5.41, 5.74) is -1.94. The first-order chi connectivity index (χ1) is 12.2. The molecule has 0 radical (unpaired) electrons. The first-order valence-electron chi connectivity index (χ1n) is 7.89. The fourth-order valence-corrected chi connectivity index (χ4v) is 2.58. The van der Waals surface area contributed by atoms with E-state index in [2.05, 4.69) is 0 Å². The molecule has 2 N–H and O–H groups in total. The number of carbonyl (C=O) groups excluding carboxylic acids is 3. The second-order valence-corrected chi connectivity index (χ2v) is 5.87. The molecule has 0 heterocycles. The van der Waals surface area contributed by atoms with Crippen LogP contribution in [0, 0.1) is 0 Å². The molecule has 0 aromatic heterocycles. The van der Waals surface area contributed by atoms with Gasteiger partial charge in [-0.3, -0.25) is 9.59 Å². The molecule has 0 amide bonds. The number of esters is 3. The van der Waals surface area contributed by atoms with E-state index in [0.29, 0.717) is 0 Å². The van der Waals surface area contributed by atoms with E-state index in [1.807, 2.05) is 0 Å². The van der Waals surface area contributed by atoms with E-state index in [1.165, 1.54) is 24.3 Å². The van der Waals surface area contributed by atoms with E-state index < -0.39 is 48.4 Å². The number of ether oxygens (including phenoxy) is 3. The average molecular weight is 364 g/mol. The lowest BCUT2D eigenvalue weighted by Gasteiger charge is -2.42. The van der Waals surface area contributed by atoms with Gasteiger partial charge >= 0.3 is 17.9 Å². The van der Waals surface area contributed by atoms with Crippen LogP contribution in [0.1, 0.15) is 24.2 Å². The van der Waals surface area contributed by atoms with Crippen molar-refractivity contribution in [2.24, 2.45) is 0 Å². The van der Waals surface area contributed by atoms with Gasteiger partial charge in [-0.1, -0.05) is 24.3 Å². The Hall–Kier alpha value is -2.71. The minimum absolute atomic E-state index is 0.248. The molecule has 0 unspecified atom stereocenters. The van der Waals surface area contributed by atoms with Crippen molar-refractivity contribution in [3.63, 3.8) is 0 Å². The first kappa shape index (κ1) is 19.6. The molecule has 2 rings (SSSR count). The van der Waals surface area contributed by atoms with Crippen LogP contribution in [0.3, 0.4) is 0 Å². The van der Waals surface area contributed by atoms with Crippen molar-refractivity contribution in [2.75, 3.05) is 6.61 Å². The molecule has 26 heavy (non-hydrogen) atoms. The van der Waals surface area contributed by atoms with Crippen LogP contribution in [0.2, 0.25) is 0 Å². The average Bonchev–Trinajstić information content (AvgIpc) is 2.60. The summed E-state index contributed by atoms with van der Waals surface area (Å²) in [6.07, 6.45) is -1.62. The standard InChI is InChI=1S/C18H20O8/c1-11(19)25-14-8-9-15(21)18(23,16(14)26-12(2)20)10-24-17(22)13-6-4-3-5-7-13/h3-9,14-16,21,23H,10H2,1-2H3/t14-,15-,16+,18-/m0/s1. The smallest absolute Gasteiger partial charge is 0.338 e. The van der Waals surface area contributed by atoms with Crippen LogP contribution in [0.5, 0.6) is 0 Å². The number of rotatable bonds is 5. The van der Waals surface area contributed by atoms with Gasteiger partial charge in [0.2, 0.25) is 0 Å². The van der Waals surface area contributed by atoms with Gasteiger partial charge in [-0.05, 0) is 18.2 Å². The predicted octanol–water partition coefficient (Wildman–Crippen LogP) is 0.369. The number of benzene rings is 1. The van der Waals surface area contributed by atoms with Gasteiger partial charge in [0, 0.05) is 13.8 Å². The van der Waals surface area contributed by atoms with E-state index in [4.69, 9.17) is 14.2 Å². The summed E-state index contributed by atoms with van der Waals surface area (Å²) in [6.45, 7) is 1.58. The molecule has 0 bridgehead atoms. The summed E-state index contributed by atoms with van der Waals surface area (Å²) in [7, 11) is 0. The van der Waals surface area contributed by atoms with Gasteiger partial charge in [0.1, 0.15) is 12.7 Å². The third kappa shape index (κ3) is 4.47. The van der Waals surface area contributed by atoms with Crippen molar-refractivity contribution in [3.05, 3.63) is 48.0 Å². The van der Waals surface area contributed by atoms with E-state index in [9.17, 15) is 24.6 Å². The second kappa shape index (κ2) is 8.11. The normalized spacial score (nSPS) is 27.5. The van der Waals surface area contributed by atoms with E-state index in [-0.39, 0.29) is 5.56 Å². The zero-order valence-corrected chi connectivity index (χ0v) is 14.3. The number of hydrogen-bond donors (Lipinski definition) is 2. The van der Waals surface area contributed by atoms with Crippen LogP contribution in [-0.2, 0) is 23.8 Å². The highest BCUT2D eigenvalue weighted by Crippen LogP contribution is 2.30. The lowest BCUT2D eigenvalue weighted by Crippen LogP contribution is -2.63. The Morgan fingerprint density at radius 2 is 1.65 bits per heavy atom. The second-order valence-electron chi connectivity index (χ2n) is 5.87. The molecule has 0 spiro atoms. The fraction of sp³-hybridized carbons (Fsp3) is 0.389. The lowest BCUT2D eigenvalue weighted by atomic mass is 9.82. The number of hydrogen-bond acceptors (Lipinski definition) is 8. The molecule has 0 fully saturated rings. The maximum Gasteiger partial charge on any atom is 0.338 e. The molecule has 8 heteroatoms. The molecule has 1 aliphatic carbocycles. The number of aliphatic hydroxyl groups excluding tert-OH is 1. The number of carbonyl (C=O) groups is 3. The Morgan fingerprint density at radius 1 is 1.04 bits per heavy atom. The summed E-state index contributed by atoms with van der Waals surface area (Å²) >= 11 is 0. The van der Waals surface area contributed by atoms with Gasteiger partial charge in [0.15, 0.2) is 17.8 Å². The minimum Gasteiger partial charge on any atom is -0.459 e. The van der Waals surface area contributed by atoms with Crippen molar-refractivity contribution in [1.29, 1.82) is 0 Å². The third-order valence-corrected chi connectivity index (χ3v) is 3.83. The summed E-state index contributed by atoms with van der Waals surface area (Å²) in [5, 5.41) is 21.1. The summed E-state index contributed by atoms with van der Waals surface area (Å²) in [4.78, 5) is 34.8. The minimum atomic E-state index is -2.19. The zero-order chi connectivity index (χ0) is 19.3. The molecule has 0 aliphatic heterocycles. The van der Waals surface area contributed by atoms with Gasteiger partial charge in [-0.2, -0.15) is 0 Å². The van der Waals surface area contributed by atoms with Crippen LogP contribution >= 0.6 is 0 Å². The SMILES string of the molecule is CC(=O)O[C@H]1C=C[C@H](O)[C@@](O)(COC(=O)c2ccccc2)[C@@H]1OC(C)=O. The van der Waals surface area contributed by atoms with Crippen LogP contribution in [0.15, 0.2) is 42.5 Å². The molecule has 1 aliphatic rings. The molecule has 1 aromatic rings. The van der Waals surface area contributed by atoms with Crippen molar-refractivity contribution in [1.82, 2.24) is 0 Å². The van der Waals surface area contributed by atoms with Gasteiger partial charge in [0.25, 0.3) is 0 Å². The predicted molar refractivity (Wildman–Crippen MR) is 87.9 cm³/mol. The Kier molecular flexibility index (Phi) is 6.12. The van der Waals surface area contributed by atoms with Gasteiger partial charge < -0.3 is 24.4 Å². The highest BCUT2D eigenvalue weighted by molar-refractivity contribution is 5.89. The molecule has 8 nitrogen and oxygen atoms in total. The molecule has 140 valence electrons. The number of aliphatic hydroxyl groups is 2. The Bertz CT molecular complexity index is 698. The van der Waals surface area contributed by atoms with E-state index >= 15 is 0 Å². The molecular weight excluding hydrogens is 344 g/mol. The van der Waals surface area contributed by atoms with Gasteiger partial charge in [0.05, 0.1) is 5.56 Å². The third-order valence-electron chi connectivity index (χ3n) is 3.83. The quantitative estimate of drug-likeness (QED) is 0.437. The van der Waals surface area contributed by atoms with Crippen molar-refractivity contribution >= 4 is 17.9 Å². The Morgan fingerprint density at radius 3 is 2.23 bits per heavy atom. The topological polar surface area (TPSA) is 119 Å². The fourth-order valence-electron chi connectivity index (χ4n) is 2.58. The summed E-state index contributed by atoms with van der Waals surface area (Å²) in [6, 6.07) is 8.05. The van der Waals surface area contributed by atoms with Crippen molar-refractivity contribution < 1.29 is 38.8 Å². The molecule has 0 saturated carbocycles. The van der Waals surface area contributed by atoms with E-state index in [0.717, 1.165) is 13.8 Å². The monoisotopic (exact) mass is 364 g/mol. The van der Waals surface area contributed by atoms with Crippen LogP contribution in [-0.4, -0.2) is 58.6 Å². The largest absolute Gasteiger partial charge is 0.459 e. The van der Waals surface area contributed by atoms with Gasteiger partial charge in [-0.15, -0.1) is 0 Å². The Balaban J connectivity index is 2.22. The lowest BCUT2D eigenvalue weighted by molar-refractivity contribution is -0.211. The Labute approximate surface area is 150 Å². The van der Waals surface area contributed by atoms with Crippen molar-refractivity contribution in [3.8, 4) is 0 Å². The molecule has 1 aromatic carbocycles. The molecular formula is C18H20O8. The molecule has 4 atom stereocenters. The van der Waals surface area contributed by atoms with Crippen molar-refractivity contribution in [2.45, 2.75) is 37.8 Å². The van der Waals surface area contributed by atoms with Crippen LogP contribution in [0.4, 0.5) is 0 Å².